The second-order valence-corrected chi connectivity index (χ2v) is 8.17. The lowest BCUT2D eigenvalue weighted by Gasteiger charge is -2.13. The van der Waals surface area contributed by atoms with E-state index < -0.39 is 17.6 Å². The molecular weight excluding hydrogens is 448 g/mol. The van der Waals surface area contributed by atoms with Gasteiger partial charge in [-0.25, -0.2) is 28.5 Å². The molecule has 4 aromatic rings. The van der Waals surface area contributed by atoms with E-state index in [1.807, 2.05) is 12.3 Å². The molecule has 0 atom stereocenters. The highest BCUT2D eigenvalue weighted by atomic mass is 32.1. The lowest BCUT2D eigenvalue weighted by molar-refractivity contribution is 0.0697. The molecule has 0 radical (unpaired) electrons. The minimum Gasteiger partial charge on any atom is -0.478 e. The number of halogens is 2. The molecule has 7 nitrogen and oxygen atoms in total. The van der Waals surface area contributed by atoms with Crippen molar-refractivity contribution >= 4 is 34.1 Å². The van der Waals surface area contributed by atoms with E-state index in [1.54, 1.807) is 12.3 Å². The number of aryl methyl sites for hydroxylation is 1. The summed E-state index contributed by atoms with van der Waals surface area (Å²) >= 11 is 1.40. The fourth-order valence-corrected chi connectivity index (χ4v) is 4.27. The number of rotatable bonds is 4. The molecule has 2 N–H and O–H groups in total. The van der Waals surface area contributed by atoms with Crippen molar-refractivity contribution in [2.45, 2.75) is 13.5 Å². The molecule has 2 aromatic carbocycles. The lowest BCUT2D eigenvalue weighted by Crippen LogP contribution is -2.11. The SMILES string of the molecule is Cc1csc(Nc2ncc3c(n2)-c2ccc(C(=O)O)cc2C(c2c(F)cccc2F)=NC3)n1. The first-order chi connectivity index (χ1) is 15.9. The second-order valence-electron chi connectivity index (χ2n) is 7.31. The molecule has 164 valence electrons. The first-order valence-electron chi connectivity index (χ1n) is 9.82. The third-order valence-electron chi connectivity index (χ3n) is 5.09. The number of aromatic carboxylic acids is 1. The summed E-state index contributed by atoms with van der Waals surface area (Å²) in [5.74, 6) is -2.46. The molecule has 1 aliphatic rings. The molecule has 0 bridgehead atoms. The van der Waals surface area contributed by atoms with Crippen LogP contribution in [0.3, 0.4) is 0 Å². The van der Waals surface area contributed by atoms with E-state index in [-0.39, 0.29) is 34.9 Å². The van der Waals surface area contributed by atoms with Crippen LogP contribution >= 0.6 is 11.3 Å². The van der Waals surface area contributed by atoms with Crippen LogP contribution in [0, 0.1) is 18.6 Å². The van der Waals surface area contributed by atoms with E-state index in [4.69, 9.17) is 0 Å². The van der Waals surface area contributed by atoms with Gasteiger partial charge in [0.15, 0.2) is 5.13 Å². The van der Waals surface area contributed by atoms with Crippen molar-refractivity contribution in [2.75, 3.05) is 5.32 Å². The van der Waals surface area contributed by atoms with Gasteiger partial charge in [0.2, 0.25) is 5.95 Å². The average molecular weight is 463 g/mol. The van der Waals surface area contributed by atoms with Crippen molar-refractivity contribution in [1.29, 1.82) is 0 Å². The Bertz CT molecular complexity index is 1430. The van der Waals surface area contributed by atoms with Crippen LogP contribution in [0.25, 0.3) is 11.3 Å². The van der Waals surface area contributed by atoms with Crippen molar-refractivity contribution in [1.82, 2.24) is 15.0 Å². The molecule has 0 saturated carbocycles. The van der Waals surface area contributed by atoms with Gasteiger partial charge in [-0.2, -0.15) is 0 Å². The summed E-state index contributed by atoms with van der Waals surface area (Å²) in [5, 5.41) is 15.1. The van der Waals surface area contributed by atoms with Crippen molar-refractivity contribution in [3.63, 3.8) is 0 Å². The van der Waals surface area contributed by atoms with Gasteiger partial charge in [0.25, 0.3) is 0 Å². The molecule has 0 spiro atoms. The van der Waals surface area contributed by atoms with Gasteiger partial charge in [0.05, 0.1) is 34.8 Å². The van der Waals surface area contributed by atoms with Gasteiger partial charge in [-0.3, -0.25) is 4.99 Å². The Labute approximate surface area is 190 Å². The first kappa shape index (κ1) is 20.8. The van der Waals surface area contributed by atoms with Gasteiger partial charge in [-0.1, -0.05) is 12.1 Å². The predicted molar refractivity (Wildman–Crippen MR) is 120 cm³/mol. The number of carboxylic acids is 1. The van der Waals surface area contributed by atoms with Crippen LogP contribution in [0.1, 0.15) is 32.7 Å². The normalized spacial score (nSPS) is 12.4. The second kappa shape index (κ2) is 8.14. The van der Waals surface area contributed by atoms with Gasteiger partial charge in [0.1, 0.15) is 11.6 Å². The van der Waals surface area contributed by atoms with Crippen LogP contribution in [0.5, 0.6) is 0 Å². The molecule has 0 aliphatic carbocycles. The molecule has 0 unspecified atom stereocenters. The van der Waals surface area contributed by atoms with E-state index in [0.717, 1.165) is 17.8 Å². The smallest absolute Gasteiger partial charge is 0.335 e. The number of carboxylic acid groups (broad SMARTS) is 1. The van der Waals surface area contributed by atoms with E-state index in [0.29, 0.717) is 22.0 Å². The van der Waals surface area contributed by atoms with E-state index >= 15 is 0 Å². The van der Waals surface area contributed by atoms with Crippen molar-refractivity contribution in [2.24, 2.45) is 4.99 Å². The quantitative estimate of drug-likeness (QED) is 0.443. The molecule has 10 heteroatoms. The highest BCUT2D eigenvalue weighted by molar-refractivity contribution is 7.13. The molecule has 2 aromatic heterocycles. The zero-order valence-electron chi connectivity index (χ0n) is 17.1. The highest BCUT2D eigenvalue weighted by Crippen LogP contribution is 2.34. The van der Waals surface area contributed by atoms with Crippen LogP contribution in [0.2, 0.25) is 0 Å². The van der Waals surface area contributed by atoms with Crippen molar-refractivity contribution in [3.8, 4) is 11.3 Å². The van der Waals surface area contributed by atoms with E-state index in [1.165, 1.54) is 29.5 Å². The standard InChI is InChI=1S/C23H15F2N5O2S/c1-11-10-33-23(28-11)30-22-27-9-13-8-26-20(18-16(24)3-2-4-17(18)25)15-7-12(21(31)32)5-6-14(15)19(13)29-22/h2-7,9-10H,8H2,1H3,(H,31,32)(H,27,28,29,30). The number of benzene rings is 2. The summed E-state index contributed by atoms with van der Waals surface area (Å²) in [4.78, 5) is 29.3. The molecule has 33 heavy (non-hydrogen) atoms. The first-order valence-corrected chi connectivity index (χ1v) is 10.7. The molecular formula is C23H15F2N5O2S. The average Bonchev–Trinajstić information content (AvgIpc) is 3.13. The minimum absolute atomic E-state index is 0.0201. The Morgan fingerprint density at radius 1 is 1.12 bits per heavy atom. The molecule has 0 saturated heterocycles. The highest BCUT2D eigenvalue weighted by Gasteiger charge is 2.26. The molecule has 0 fully saturated rings. The largest absolute Gasteiger partial charge is 0.478 e. The van der Waals surface area contributed by atoms with Crippen molar-refractivity contribution in [3.05, 3.63) is 87.6 Å². The topological polar surface area (TPSA) is 100 Å². The minimum atomic E-state index is -1.17. The van der Waals surface area contributed by atoms with E-state index in [9.17, 15) is 18.7 Å². The maximum atomic E-state index is 14.7. The van der Waals surface area contributed by atoms with Crippen LogP contribution < -0.4 is 5.32 Å². The molecule has 3 heterocycles. The number of aromatic nitrogens is 3. The zero-order valence-corrected chi connectivity index (χ0v) is 18.0. The number of nitrogens with zero attached hydrogens (tertiary/aromatic N) is 4. The Morgan fingerprint density at radius 3 is 2.61 bits per heavy atom. The zero-order chi connectivity index (χ0) is 23.1. The fourth-order valence-electron chi connectivity index (χ4n) is 3.59. The number of nitrogens with one attached hydrogen (secondary N) is 1. The van der Waals surface area contributed by atoms with E-state index in [2.05, 4.69) is 25.3 Å². The summed E-state index contributed by atoms with van der Waals surface area (Å²) < 4.78 is 29.4. The number of thiazole rings is 1. The lowest BCUT2D eigenvalue weighted by atomic mass is 9.93. The van der Waals surface area contributed by atoms with Gasteiger partial charge < -0.3 is 10.4 Å². The van der Waals surface area contributed by atoms with Crippen LogP contribution in [-0.2, 0) is 6.54 Å². The Kier molecular flexibility index (Phi) is 5.14. The van der Waals surface area contributed by atoms with Gasteiger partial charge >= 0.3 is 5.97 Å². The third kappa shape index (κ3) is 3.85. The van der Waals surface area contributed by atoms with Gasteiger partial charge in [-0.05, 0) is 31.2 Å². The molecule has 1 aliphatic heterocycles. The summed E-state index contributed by atoms with van der Waals surface area (Å²) in [6.45, 7) is 1.93. The number of carbonyl (C=O) groups is 1. The number of fused-ring (bicyclic) bond motifs is 3. The van der Waals surface area contributed by atoms with Crippen molar-refractivity contribution < 1.29 is 18.7 Å². The number of anilines is 2. The van der Waals surface area contributed by atoms with Gasteiger partial charge in [-0.15, -0.1) is 11.3 Å². The molecule has 0 amide bonds. The molecule has 5 rings (SSSR count). The summed E-state index contributed by atoms with van der Waals surface area (Å²) in [5.41, 5.74) is 2.41. The van der Waals surface area contributed by atoms with Crippen LogP contribution in [0.15, 0.2) is 53.0 Å². The Morgan fingerprint density at radius 2 is 1.91 bits per heavy atom. The summed E-state index contributed by atoms with van der Waals surface area (Å²) in [6, 6.07) is 7.89. The number of hydrogen-bond acceptors (Lipinski definition) is 7. The Hall–Kier alpha value is -4.05. The monoisotopic (exact) mass is 463 g/mol. The van der Waals surface area contributed by atoms with Crippen LogP contribution in [0.4, 0.5) is 19.9 Å². The van der Waals surface area contributed by atoms with Gasteiger partial charge in [0, 0.05) is 28.3 Å². The number of hydrogen-bond donors (Lipinski definition) is 2. The maximum absolute atomic E-state index is 14.7. The fraction of sp³-hybridized carbons (Fsp3) is 0.0870. The number of aliphatic imine (C=N–C) groups is 1. The maximum Gasteiger partial charge on any atom is 0.335 e. The summed E-state index contributed by atoms with van der Waals surface area (Å²) in [7, 11) is 0. The third-order valence-corrected chi connectivity index (χ3v) is 5.96. The Balaban J connectivity index is 1.69. The van der Waals surface area contributed by atoms with Crippen LogP contribution in [-0.4, -0.2) is 31.7 Å². The predicted octanol–water partition coefficient (Wildman–Crippen LogP) is 4.98. The summed E-state index contributed by atoms with van der Waals surface area (Å²) in [6.07, 6.45) is 1.59.